The predicted octanol–water partition coefficient (Wildman–Crippen LogP) is 0.914. The lowest BCUT2D eigenvalue weighted by Crippen LogP contribution is -2.43. The Balaban J connectivity index is 1.49. The highest BCUT2D eigenvalue weighted by molar-refractivity contribution is 5.78. The van der Waals surface area contributed by atoms with Crippen molar-refractivity contribution in [1.82, 2.24) is 9.80 Å². The number of hydrogen-bond donors (Lipinski definition) is 1. The summed E-state index contributed by atoms with van der Waals surface area (Å²) in [5.41, 5.74) is 6.13. The lowest BCUT2D eigenvalue weighted by atomic mass is 9.98. The minimum atomic E-state index is 0.330. The molecule has 3 fully saturated rings. The highest BCUT2D eigenvalue weighted by atomic mass is 16.2. The number of likely N-dealkylation sites (tertiary alicyclic amines) is 2. The number of rotatable bonds is 2. The van der Waals surface area contributed by atoms with Gasteiger partial charge >= 0.3 is 0 Å². The molecule has 3 rings (SSSR count). The predicted molar refractivity (Wildman–Crippen MR) is 75.6 cm³/mol. The molecule has 0 spiro atoms. The van der Waals surface area contributed by atoms with Crippen LogP contribution in [-0.2, 0) is 4.79 Å². The third kappa shape index (κ3) is 2.79. The van der Waals surface area contributed by atoms with E-state index in [-0.39, 0.29) is 0 Å². The molecule has 4 heteroatoms. The summed E-state index contributed by atoms with van der Waals surface area (Å²) in [6.45, 7) is 6.99. The molecule has 0 aromatic carbocycles. The van der Waals surface area contributed by atoms with Gasteiger partial charge in [-0.3, -0.25) is 9.69 Å². The van der Waals surface area contributed by atoms with E-state index in [4.69, 9.17) is 5.73 Å². The number of hydrogen-bond acceptors (Lipinski definition) is 3. The SMILES string of the molecule is CC1CCN(CC(=O)N2CC3CCC(N)C3C2)CC1. The number of nitrogens with two attached hydrogens (primary N) is 1. The fraction of sp³-hybridized carbons (Fsp3) is 0.933. The molecule has 1 aliphatic carbocycles. The molecule has 1 saturated carbocycles. The van der Waals surface area contributed by atoms with Crippen molar-refractivity contribution in [3.8, 4) is 0 Å². The zero-order valence-corrected chi connectivity index (χ0v) is 12.1. The Labute approximate surface area is 116 Å². The molecule has 3 atom stereocenters. The average molecular weight is 265 g/mol. The first-order chi connectivity index (χ1) is 9.13. The standard InChI is InChI=1S/C15H27N3O/c1-11-4-6-17(7-5-11)10-15(19)18-8-12-2-3-14(16)13(12)9-18/h11-14H,2-10,16H2,1H3. The smallest absolute Gasteiger partial charge is 0.236 e. The van der Waals surface area contributed by atoms with Gasteiger partial charge in [-0.15, -0.1) is 0 Å². The second-order valence-electron chi connectivity index (χ2n) is 6.92. The van der Waals surface area contributed by atoms with Crippen LogP contribution in [0, 0.1) is 17.8 Å². The maximum atomic E-state index is 12.4. The topological polar surface area (TPSA) is 49.6 Å². The highest BCUT2D eigenvalue weighted by Gasteiger charge is 2.42. The van der Waals surface area contributed by atoms with Gasteiger partial charge in [-0.2, -0.15) is 0 Å². The molecule has 2 heterocycles. The van der Waals surface area contributed by atoms with Crippen LogP contribution in [0.4, 0.5) is 0 Å². The minimum Gasteiger partial charge on any atom is -0.341 e. The molecular formula is C15H27N3O. The summed E-state index contributed by atoms with van der Waals surface area (Å²) >= 11 is 0. The van der Waals surface area contributed by atoms with Crippen LogP contribution in [0.15, 0.2) is 0 Å². The maximum Gasteiger partial charge on any atom is 0.236 e. The van der Waals surface area contributed by atoms with Crippen LogP contribution in [0.25, 0.3) is 0 Å². The average Bonchev–Trinajstić information content (AvgIpc) is 2.95. The summed E-state index contributed by atoms with van der Waals surface area (Å²) < 4.78 is 0. The third-order valence-corrected chi connectivity index (χ3v) is 5.50. The Morgan fingerprint density at radius 2 is 1.89 bits per heavy atom. The van der Waals surface area contributed by atoms with Crippen molar-refractivity contribution in [1.29, 1.82) is 0 Å². The molecule has 2 aliphatic heterocycles. The monoisotopic (exact) mass is 265 g/mol. The molecule has 108 valence electrons. The molecule has 0 aromatic heterocycles. The van der Waals surface area contributed by atoms with E-state index in [2.05, 4.69) is 16.7 Å². The molecule has 19 heavy (non-hydrogen) atoms. The summed E-state index contributed by atoms with van der Waals surface area (Å²) in [5.74, 6) is 2.41. The zero-order valence-electron chi connectivity index (χ0n) is 12.1. The first kappa shape index (κ1) is 13.4. The van der Waals surface area contributed by atoms with Crippen molar-refractivity contribution in [2.45, 2.75) is 38.6 Å². The van der Waals surface area contributed by atoms with Gasteiger partial charge < -0.3 is 10.6 Å². The summed E-state index contributed by atoms with van der Waals surface area (Å²) in [6.07, 6.45) is 4.85. The molecule has 1 amide bonds. The fourth-order valence-electron chi connectivity index (χ4n) is 4.02. The van der Waals surface area contributed by atoms with E-state index >= 15 is 0 Å². The van der Waals surface area contributed by atoms with E-state index < -0.39 is 0 Å². The first-order valence-electron chi connectivity index (χ1n) is 7.89. The second kappa shape index (κ2) is 5.41. The van der Waals surface area contributed by atoms with Crippen molar-refractivity contribution >= 4 is 5.91 Å². The molecular weight excluding hydrogens is 238 g/mol. The molecule has 0 radical (unpaired) electrons. The normalized spacial score (nSPS) is 36.7. The van der Waals surface area contributed by atoms with Gasteiger partial charge in [0.1, 0.15) is 0 Å². The van der Waals surface area contributed by atoms with Gasteiger partial charge in [0.15, 0.2) is 0 Å². The van der Waals surface area contributed by atoms with E-state index in [1.165, 1.54) is 19.3 Å². The number of amides is 1. The van der Waals surface area contributed by atoms with Crippen LogP contribution in [-0.4, -0.2) is 54.5 Å². The molecule has 0 aromatic rings. The van der Waals surface area contributed by atoms with E-state index in [1.807, 2.05) is 0 Å². The van der Waals surface area contributed by atoms with Crippen LogP contribution >= 0.6 is 0 Å². The Kier molecular flexibility index (Phi) is 3.81. The van der Waals surface area contributed by atoms with E-state index in [1.54, 1.807) is 0 Å². The van der Waals surface area contributed by atoms with Crippen molar-refractivity contribution in [2.75, 3.05) is 32.7 Å². The van der Waals surface area contributed by atoms with Gasteiger partial charge in [0.2, 0.25) is 5.91 Å². The van der Waals surface area contributed by atoms with Crippen LogP contribution < -0.4 is 5.73 Å². The van der Waals surface area contributed by atoms with Crippen molar-refractivity contribution in [2.24, 2.45) is 23.5 Å². The zero-order chi connectivity index (χ0) is 13.4. The number of carbonyl (C=O) groups excluding carboxylic acids is 1. The van der Waals surface area contributed by atoms with Gasteiger partial charge in [0.25, 0.3) is 0 Å². The van der Waals surface area contributed by atoms with E-state index in [9.17, 15) is 4.79 Å². The van der Waals surface area contributed by atoms with E-state index in [0.717, 1.165) is 38.5 Å². The van der Waals surface area contributed by atoms with Gasteiger partial charge in [-0.1, -0.05) is 6.92 Å². The summed E-state index contributed by atoms with van der Waals surface area (Å²) in [4.78, 5) is 16.8. The molecule has 3 aliphatic rings. The van der Waals surface area contributed by atoms with Crippen LogP contribution in [0.2, 0.25) is 0 Å². The number of carbonyl (C=O) groups is 1. The minimum absolute atomic E-state index is 0.330. The van der Waals surface area contributed by atoms with Gasteiger partial charge in [0, 0.05) is 19.1 Å². The maximum absolute atomic E-state index is 12.4. The van der Waals surface area contributed by atoms with E-state index in [0.29, 0.717) is 30.3 Å². The number of nitrogens with zero attached hydrogens (tertiary/aromatic N) is 2. The van der Waals surface area contributed by atoms with Crippen molar-refractivity contribution in [3.63, 3.8) is 0 Å². The van der Waals surface area contributed by atoms with Gasteiger partial charge in [0.05, 0.1) is 6.54 Å². The van der Waals surface area contributed by atoms with Crippen molar-refractivity contribution < 1.29 is 4.79 Å². The summed E-state index contributed by atoms with van der Waals surface area (Å²) in [6, 6.07) is 0.332. The lowest BCUT2D eigenvalue weighted by Gasteiger charge is -2.31. The Morgan fingerprint density at radius 1 is 1.16 bits per heavy atom. The Hall–Kier alpha value is -0.610. The second-order valence-corrected chi connectivity index (χ2v) is 6.92. The molecule has 0 bridgehead atoms. The van der Waals surface area contributed by atoms with Gasteiger partial charge in [-0.25, -0.2) is 0 Å². The van der Waals surface area contributed by atoms with Crippen LogP contribution in [0.3, 0.4) is 0 Å². The van der Waals surface area contributed by atoms with Crippen LogP contribution in [0.1, 0.15) is 32.6 Å². The largest absolute Gasteiger partial charge is 0.341 e. The summed E-state index contributed by atoms with van der Waals surface area (Å²) in [7, 11) is 0. The molecule has 3 unspecified atom stereocenters. The number of fused-ring (bicyclic) bond motifs is 1. The highest BCUT2D eigenvalue weighted by Crippen LogP contribution is 2.37. The molecule has 2 N–H and O–H groups in total. The Morgan fingerprint density at radius 3 is 2.58 bits per heavy atom. The third-order valence-electron chi connectivity index (χ3n) is 5.50. The van der Waals surface area contributed by atoms with Gasteiger partial charge in [-0.05, 0) is 56.5 Å². The van der Waals surface area contributed by atoms with Crippen molar-refractivity contribution in [3.05, 3.63) is 0 Å². The summed E-state index contributed by atoms with van der Waals surface area (Å²) in [5, 5.41) is 0. The first-order valence-corrected chi connectivity index (χ1v) is 7.89. The quantitative estimate of drug-likeness (QED) is 0.807. The Bertz CT molecular complexity index is 338. The molecule has 2 saturated heterocycles. The fourth-order valence-corrected chi connectivity index (χ4v) is 4.02. The molecule has 4 nitrogen and oxygen atoms in total. The van der Waals surface area contributed by atoms with Crippen LogP contribution in [0.5, 0.6) is 0 Å². The lowest BCUT2D eigenvalue weighted by molar-refractivity contribution is -0.132. The number of piperidine rings is 1.